The van der Waals surface area contributed by atoms with Crippen LogP contribution in [0.1, 0.15) is 70.7 Å². The second-order valence-corrected chi connectivity index (χ2v) is 11.8. The molecule has 194 valence electrons. The van der Waals surface area contributed by atoms with Gasteiger partial charge in [-0.1, -0.05) is 44.9 Å². The SMILES string of the molecule is CCCCOP(=O)(OCCCC)C(C(=NC(=O)c1ccccc1)OCC)P(=O)(OCC)OCC. The van der Waals surface area contributed by atoms with Gasteiger partial charge in [-0.3, -0.25) is 13.9 Å². The summed E-state index contributed by atoms with van der Waals surface area (Å²) in [4.78, 5) is 17.0. The number of hydrogen-bond donors (Lipinski definition) is 0. The average Bonchev–Trinajstić information content (AvgIpc) is 2.80. The Kier molecular flexibility index (Phi) is 14.8. The second-order valence-electron chi connectivity index (χ2n) is 7.22. The first-order valence-electron chi connectivity index (χ1n) is 11.9. The average molecular weight is 520 g/mol. The van der Waals surface area contributed by atoms with Crippen LogP contribution in [0.3, 0.4) is 0 Å². The summed E-state index contributed by atoms with van der Waals surface area (Å²) in [5, 5.41) is -1.65. The molecule has 0 N–H and O–H groups in total. The van der Waals surface area contributed by atoms with E-state index in [0.29, 0.717) is 12.8 Å². The van der Waals surface area contributed by atoms with Gasteiger partial charge >= 0.3 is 15.2 Å². The van der Waals surface area contributed by atoms with Crippen LogP contribution < -0.4 is 0 Å². The van der Waals surface area contributed by atoms with Crippen LogP contribution in [0.25, 0.3) is 0 Å². The lowest BCUT2D eigenvalue weighted by Crippen LogP contribution is -2.29. The summed E-state index contributed by atoms with van der Waals surface area (Å²) in [6.45, 7) is 9.13. The molecule has 0 fully saturated rings. The van der Waals surface area contributed by atoms with Gasteiger partial charge in [0.25, 0.3) is 5.91 Å². The Balaban J connectivity index is 3.68. The molecule has 1 amide bonds. The molecule has 1 rings (SSSR count). The number of amides is 1. The molecule has 0 aliphatic heterocycles. The van der Waals surface area contributed by atoms with Gasteiger partial charge in [0, 0.05) is 5.56 Å². The van der Waals surface area contributed by atoms with Crippen molar-refractivity contribution < 1.29 is 36.8 Å². The highest BCUT2D eigenvalue weighted by Crippen LogP contribution is 2.71. The van der Waals surface area contributed by atoms with Gasteiger partial charge < -0.3 is 22.8 Å². The topological polar surface area (TPSA) is 110 Å². The molecular formula is C23H39NO8P2. The lowest BCUT2D eigenvalue weighted by molar-refractivity contribution is 0.0999. The van der Waals surface area contributed by atoms with E-state index in [-0.39, 0.29) is 44.5 Å². The number of ether oxygens (including phenoxy) is 1. The van der Waals surface area contributed by atoms with Crippen molar-refractivity contribution in [3.05, 3.63) is 35.9 Å². The maximum absolute atomic E-state index is 14.2. The van der Waals surface area contributed by atoms with Crippen molar-refractivity contribution in [3.8, 4) is 0 Å². The molecule has 0 heterocycles. The van der Waals surface area contributed by atoms with E-state index in [2.05, 4.69) is 4.99 Å². The zero-order valence-electron chi connectivity index (χ0n) is 20.9. The second kappa shape index (κ2) is 16.4. The Morgan fingerprint density at radius 2 is 1.29 bits per heavy atom. The van der Waals surface area contributed by atoms with Crippen LogP contribution in [0.15, 0.2) is 35.3 Å². The molecule has 11 heteroatoms. The molecule has 0 bridgehead atoms. The summed E-state index contributed by atoms with van der Waals surface area (Å²) in [5.74, 6) is -1.000. The van der Waals surface area contributed by atoms with Crippen LogP contribution in [-0.2, 0) is 32.0 Å². The molecule has 0 saturated carbocycles. The zero-order chi connectivity index (χ0) is 25.5. The number of carbonyl (C=O) groups excluding carboxylic acids is 1. The molecule has 0 aliphatic rings. The van der Waals surface area contributed by atoms with E-state index in [1.807, 2.05) is 13.8 Å². The standard InChI is InChI=1S/C23H39NO8P2/c1-6-11-18-31-34(27,32-19-12-7-2)23(33(26,29-9-4)30-10-5)22(28-8-3)24-21(25)20-16-14-13-15-17-20/h13-17,23H,6-12,18-19H2,1-5H3. The molecule has 9 nitrogen and oxygen atoms in total. The number of rotatable bonds is 17. The summed E-state index contributed by atoms with van der Waals surface area (Å²) in [6, 6.07) is 8.33. The molecule has 0 spiro atoms. The van der Waals surface area contributed by atoms with Crippen molar-refractivity contribution in [2.75, 3.05) is 33.0 Å². The molecule has 1 unspecified atom stereocenters. The summed E-state index contributed by atoms with van der Waals surface area (Å²) >= 11 is 0. The maximum atomic E-state index is 14.2. The van der Waals surface area contributed by atoms with Gasteiger partial charge in [0.15, 0.2) is 0 Å². The van der Waals surface area contributed by atoms with E-state index in [0.717, 1.165) is 12.8 Å². The summed E-state index contributed by atoms with van der Waals surface area (Å²) < 4.78 is 56.5. The fraction of sp³-hybridized carbons (Fsp3) is 0.652. The molecule has 0 saturated heterocycles. The van der Waals surface area contributed by atoms with Crippen molar-refractivity contribution in [1.29, 1.82) is 0 Å². The van der Waals surface area contributed by atoms with Gasteiger partial charge in [0.05, 0.1) is 33.0 Å². The van der Waals surface area contributed by atoms with Crippen molar-refractivity contribution in [2.24, 2.45) is 4.99 Å². The molecule has 1 aromatic carbocycles. The van der Waals surface area contributed by atoms with Gasteiger partial charge in [0.2, 0.25) is 11.3 Å². The minimum Gasteiger partial charge on any atom is -0.480 e. The number of unbranched alkanes of at least 4 members (excludes halogenated alkanes) is 2. The van der Waals surface area contributed by atoms with Crippen LogP contribution in [0.5, 0.6) is 0 Å². The van der Waals surface area contributed by atoms with Crippen LogP contribution in [0.4, 0.5) is 0 Å². The molecule has 0 aliphatic carbocycles. The fourth-order valence-electron chi connectivity index (χ4n) is 2.89. The Morgan fingerprint density at radius 1 is 0.794 bits per heavy atom. The highest BCUT2D eigenvalue weighted by Gasteiger charge is 2.56. The van der Waals surface area contributed by atoms with Gasteiger partial charge in [-0.15, -0.1) is 0 Å². The predicted octanol–water partition coefficient (Wildman–Crippen LogP) is 6.68. The molecule has 1 atom stereocenters. The summed E-state index contributed by atoms with van der Waals surface area (Å²) in [7, 11) is -8.43. The fourth-order valence-corrected chi connectivity index (χ4v) is 8.08. The summed E-state index contributed by atoms with van der Waals surface area (Å²) in [6.07, 6.45) is 2.77. The third kappa shape index (κ3) is 9.37. The molecule has 0 radical (unpaired) electrons. The first kappa shape index (κ1) is 30.7. The molecular weight excluding hydrogens is 480 g/mol. The maximum Gasteiger partial charge on any atom is 0.355 e. The Labute approximate surface area is 203 Å². The van der Waals surface area contributed by atoms with Crippen LogP contribution >= 0.6 is 15.2 Å². The normalized spacial score (nSPS) is 13.6. The smallest absolute Gasteiger partial charge is 0.355 e. The van der Waals surface area contributed by atoms with E-state index in [1.165, 1.54) is 0 Å². The predicted molar refractivity (Wildman–Crippen MR) is 134 cm³/mol. The quantitative estimate of drug-likeness (QED) is 0.0970. The number of carbonyl (C=O) groups is 1. The van der Waals surface area contributed by atoms with E-state index in [9.17, 15) is 13.9 Å². The van der Waals surface area contributed by atoms with Gasteiger partial charge in [-0.25, -0.2) is 0 Å². The zero-order valence-corrected chi connectivity index (χ0v) is 22.7. The van der Waals surface area contributed by atoms with Gasteiger partial charge in [-0.2, -0.15) is 4.99 Å². The largest absolute Gasteiger partial charge is 0.480 e. The van der Waals surface area contributed by atoms with Crippen molar-refractivity contribution >= 4 is 27.0 Å². The van der Waals surface area contributed by atoms with Crippen LogP contribution in [0.2, 0.25) is 0 Å². The number of benzene rings is 1. The van der Waals surface area contributed by atoms with Crippen LogP contribution in [0, 0.1) is 0 Å². The summed E-state index contributed by atoms with van der Waals surface area (Å²) in [5.41, 5.74) is 0.287. The Hall–Kier alpha value is -1.34. The van der Waals surface area contributed by atoms with Gasteiger partial charge in [-0.05, 0) is 45.7 Å². The van der Waals surface area contributed by atoms with Crippen molar-refractivity contribution in [3.63, 3.8) is 0 Å². The number of hydrogen-bond acceptors (Lipinski definition) is 8. The Morgan fingerprint density at radius 3 is 1.74 bits per heavy atom. The van der Waals surface area contributed by atoms with E-state index in [4.69, 9.17) is 22.8 Å². The van der Waals surface area contributed by atoms with E-state index >= 15 is 0 Å². The van der Waals surface area contributed by atoms with Gasteiger partial charge in [0.1, 0.15) is 0 Å². The lowest BCUT2D eigenvalue weighted by Gasteiger charge is -2.31. The monoisotopic (exact) mass is 519 g/mol. The van der Waals surface area contributed by atoms with E-state index < -0.39 is 26.5 Å². The van der Waals surface area contributed by atoms with Crippen LogP contribution in [-0.4, -0.2) is 50.2 Å². The minimum absolute atomic E-state index is 0.00370. The minimum atomic E-state index is -4.22. The first-order chi connectivity index (χ1) is 16.3. The van der Waals surface area contributed by atoms with Crippen molar-refractivity contribution in [1.82, 2.24) is 0 Å². The number of aliphatic imine (C=N–C) groups is 1. The molecule has 1 aromatic rings. The van der Waals surface area contributed by atoms with E-state index in [1.54, 1.807) is 51.1 Å². The van der Waals surface area contributed by atoms with Crippen molar-refractivity contribution in [2.45, 2.75) is 65.7 Å². The third-order valence-corrected chi connectivity index (χ3v) is 10.2. The number of nitrogens with zero attached hydrogens (tertiary/aromatic N) is 1. The molecule has 34 heavy (non-hydrogen) atoms. The third-order valence-electron chi connectivity index (χ3n) is 4.50. The Bertz CT molecular complexity index is 823. The first-order valence-corrected chi connectivity index (χ1v) is 15.1. The lowest BCUT2D eigenvalue weighted by atomic mass is 10.2. The highest BCUT2D eigenvalue weighted by atomic mass is 31.2. The highest BCUT2D eigenvalue weighted by molar-refractivity contribution is 7.74. The molecule has 0 aromatic heterocycles.